The van der Waals surface area contributed by atoms with Crippen molar-refractivity contribution in [3.8, 4) is 0 Å². The van der Waals surface area contributed by atoms with Gasteiger partial charge in [0.15, 0.2) is 6.29 Å². The SMILES string of the molecule is O=S(=O)(Nc1cccc(C2OC(CSc3ccccn3)CC(c3ccc(CO)cc3)O2)c1)c1ccccc1. The molecule has 5 rings (SSSR count). The minimum absolute atomic E-state index is 0.0213. The Morgan fingerprint density at radius 1 is 0.895 bits per heavy atom. The number of sulfonamides is 1. The van der Waals surface area contributed by atoms with Crippen molar-refractivity contribution in [2.45, 2.75) is 41.4 Å². The summed E-state index contributed by atoms with van der Waals surface area (Å²) in [5.74, 6) is 0.683. The Morgan fingerprint density at radius 3 is 2.42 bits per heavy atom. The number of ether oxygens (including phenoxy) is 2. The molecule has 0 aliphatic carbocycles. The highest BCUT2D eigenvalue weighted by molar-refractivity contribution is 7.99. The molecule has 2 N–H and O–H groups in total. The maximum Gasteiger partial charge on any atom is 0.261 e. The first-order valence-corrected chi connectivity index (χ1v) is 14.7. The van der Waals surface area contributed by atoms with E-state index in [9.17, 15) is 13.5 Å². The van der Waals surface area contributed by atoms with Gasteiger partial charge in [-0.25, -0.2) is 13.4 Å². The summed E-state index contributed by atoms with van der Waals surface area (Å²) in [7, 11) is -3.73. The third-order valence-electron chi connectivity index (χ3n) is 6.13. The van der Waals surface area contributed by atoms with Crippen molar-refractivity contribution >= 4 is 27.5 Å². The van der Waals surface area contributed by atoms with E-state index in [1.165, 1.54) is 0 Å². The van der Waals surface area contributed by atoms with Crippen LogP contribution in [0.25, 0.3) is 0 Å². The molecule has 1 fully saturated rings. The van der Waals surface area contributed by atoms with Gasteiger partial charge in [-0.1, -0.05) is 60.7 Å². The summed E-state index contributed by atoms with van der Waals surface area (Å²) in [6.07, 6.45) is 1.36. The van der Waals surface area contributed by atoms with Gasteiger partial charge >= 0.3 is 0 Å². The number of aromatic nitrogens is 1. The summed E-state index contributed by atoms with van der Waals surface area (Å²) in [5, 5.41) is 10.3. The highest BCUT2D eigenvalue weighted by Crippen LogP contribution is 2.39. The van der Waals surface area contributed by atoms with Gasteiger partial charge in [0.1, 0.15) is 0 Å². The number of hydrogen-bond donors (Lipinski definition) is 2. The van der Waals surface area contributed by atoms with Gasteiger partial charge < -0.3 is 14.6 Å². The predicted molar refractivity (Wildman–Crippen MR) is 147 cm³/mol. The molecule has 3 unspecified atom stereocenters. The standard InChI is InChI=1S/C29H28N2O5S2/c32-19-21-12-14-22(15-13-21)27-18-25(20-37-28-11-4-5-16-30-28)35-29(36-27)23-7-6-8-24(17-23)31-38(33,34)26-9-2-1-3-10-26/h1-17,25,27,29,31-32H,18-20H2. The van der Waals surface area contributed by atoms with Gasteiger partial charge in [-0.15, -0.1) is 11.8 Å². The fourth-order valence-corrected chi connectivity index (χ4v) is 6.15. The Kier molecular flexibility index (Phi) is 8.41. The van der Waals surface area contributed by atoms with E-state index < -0.39 is 16.3 Å². The van der Waals surface area contributed by atoms with Crippen LogP contribution >= 0.6 is 11.8 Å². The molecule has 38 heavy (non-hydrogen) atoms. The number of pyridine rings is 1. The average molecular weight is 549 g/mol. The lowest BCUT2D eigenvalue weighted by molar-refractivity contribution is -0.245. The van der Waals surface area contributed by atoms with Gasteiger partial charge in [0.25, 0.3) is 10.0 Å². The number of nitrogens with one attached hydrogen (secondary N) is 1. The van der Waals surface area contributed by atoms with Crippen molar-refractivity contribution in [1.29, 1.82) is 0 Å². The van der Waals surface area contributed by atoms with Crippen LogP contribution in [0.15, 0.2) is 113 Å². The lowest BCUT2D eigenvalue weighted by Crippen LogP contribution is -2.31. The first kappa shape index (κ1) is 26.4. The van der Waals surface area contributed by atoms with Crippen LogP contribution in [-0.4, -0.2) is 30.4 Å². The number of nitrogens with zero attached hydrogens (tertiary/aromatic N) is 1. The maximum atomic E-state index is 12.9. The van der Waals surface area contributed by atoms with Crippen LogP contribution < -0.4 is 4.72 Å². The third-order valence-corrected chi connectivity index (χ3v) is 8.61. The zero-order valence-electron chi connectivity index (χ0n) is 20.5. The molecule has 3 atom stereocenters. The van der Waals surface area contributed by atoms with Crippen molar-refractivity contribution < 1.29 is 23.0 Å². The summed E-state index contributed by atoms with van der Waals surface area (Å²) in [4.78, 5) is 4.58. The summed E-state index contributed by atoms with van der Waals surface area (Å²) in [5.41, 5.74) is 2.96. The highest BCUT2D eigenvalue weighted by atomic mass is 32.2. The second kappa shape index (κ2) is 12.1. The highest BCUT2D eigenvalue weighted by Gasteiger charge is 2.32. The van der Waals surface area contributed by atoms with E-state index in [0.29, 0.717) is 23.4 Å². The monoisotopic (exact) mass is 548 g/mol. The third kappa shape index (κ3) is 6.61. The van der Waals surface area contributed by atoms with Crippen molar-refractivity contribution in [3.05, 3.63) is 120 Å². The molecular weight excluding hydrogens is 520 g/mol. The fraction of sp³-hybridized carbons (Fsp3) is 0.207. The molecule has 1 aromatic heterocycles. The molecule has 1 aliphatic rings. The Hall–Kier alpha value is -3.21. The predicted octanol–water partition coefficient (Wildman–Crippen LogP) is 5.71. The molecule has 0 spiro atoms. The Morgan fingerprint density at radius 2 is 1.68 bits per heavy atom. The molecule has 7 nitrogen and oxygen atoms in total. The summed E-state index contributed by atoms with van der Waals surface area (Å²) < 4.78 is 41.1. The van der Waals surface area contributed by atoms with E-state index in [2.05, 4.69) is 9.71 Å². The van der Waals surface area contributed by atoms with Gasteiger partial charge in [-0.2, -0.15) is 0 Å². The molecule has 2 heterocycles. The summed E-state index contributed by atoms with van der Waals surface area (Å²) in [6.45, 7) is -0.0213. The molecule has 4 aromatic rings. The van der Waals surface area contributed by atoms with E-state index in [0.717, 1.165) is 16.2 Å². The van der Waals surface area contributed by atoms with Gasteiger partial charge in [0.2, 0.25) is 0 Å². The zero-order valence-corrected chi connectivity index (χ0v) is 22.1. The van der Waals surface area contributed by atoms with Gasteiger partial charge in [-0.05, 0) is 47.5 Å². The molecule has 3 aromatic carbocycles. The van der Waals surface area contributed by atoms with E-state index in [1.54, 1.807) is 66.5 Å². The van der Waals surface area contributed by atoms with Crippen LogP contribution in [0.5, 0.6) is 0 Å². The van der Waals surface area contributed by atoms with E-state index in [4.69, 9.17) is 9.47 Å². The minimum Gasteiger partial charge on any atom is -0.392 e. The van der Waals surface area contributed by atoms with Gasteiger partial charge in [0.05, 0.1) is 28.7 Å². The van der Waals surface area contributed by atoms with E-state index in [1.807, 2.05) is 48.5 Å². The molecule has 1 saturated heterocycles. The second-order valence-electron chi connectivity index (χ2n) is 8.87. The number of rotatable bonds is 9. The molecule has 0 radical (unpaired) electrons. The van der Waals surface area contributed by atoms with Crippen LogP contribution in [0.1, 0.15) is 35.5 Å². The smallest absolute Gasteiger partial charge is 0.261 e. The average Bonchev–Trinajstić information content (AvgIpc) is 2.97. The summed E-state index contributed by atoms with van der Waals surface area (Å²) >= 11 is 1.62. The second-order valence-corrected chi connectivity index (χ2v) is 11.6. The Balaban J connectivity index is 1.37. The number of thioether (sulfide) groups is 1. The van der Waals surface area contributed by atoms with Crippen LogP contribution in [-0.2, 0) is 26.1 Å². The first-order chi connectivity index (χ1) is 18.5. The zero-order chi connectivity index (χ0) is 26.4. The number of aliphatic hydroxyl groups is 1. The van der Waals surface area contributed by atoms with E-state index in [-0.39, 0.29) is 23.7 Å². The van der Waals surface area contributed by atoms with Crippen molar-refractivity contribution in [3.63, 3.8) is 0 Å². The number of hydrogen-bond acceptors (Lipinski definition) is 7. The molecule has 0 bridgehead atoms. The van der Waals surface area contributed by atoms with Crippen molar-refractivity contribution in [2.75, 3.05) is 10.5 Å². The normalized spacial score (nSPS) is 19.7. The lowest BCUT2D eigenvalue weighted by Gasteiger charge is -2.36. The number of aliphatic hydroxyl groups excluding tert-OH is 1. The summed E-state index contributed by atoms with van der Waals surface area (Å²) in [6, 6.07) is 28.8. The van der Waals surface area contributed by atoms with Crippen molar-refractivity contribution in [2.24, 2.45) is 0 Å². The molecule has 0 saturated carbocycles. The van der Waals surface area contributed by atoms with Gasteiger partial charge in [-0.3, -0.25) is 4.72 Å². The Bertz CT molecular complexity index is 1440. The first-order valence-electron chi connectivity index (χ1n) is 12.2. The van der Waals surface area contributed by atoms with E-state index >= 15 is 0 Å². The number of anilines is 1. The molecule has 9 heteroatoms. The lowest BCUT2D eigenvalue weighted by atomic mass is 10.0. The fourth-order valence-electron chi connectivity index (χ4n) is 4.20. The number of benzene rings is 3. The molecule has 196 valence electrons. The van der Waals surface area contributed by atoms with Crippen LogP contribution in [0.4, 0.5) is 5.69 Å². The molecular formula is C29H28N2O5S2. The van der Waals surface area contributed by atoms with Crippen LogP contribution in [0, 0.1) is 0 Å². The quantitative estimate of drug-likeness (QED) is 0.259. The Labute approximate surface area is 226 Å². The topological polar surface area (TPSA) is 97.8 Å². The molecule has 0 amide bonds. The van der Waals surface area contributed by atoms with Crippen LogP contribution in [0.3, 0.4) is 0 Å². The largest absolute Gasteiger partial charge is 0.392 e. The van der Waals surface area contributed by atoms with Crippen LogP contribution in [0.2, 0.25) is 0 Å². The minimum atomic E-state index is -3.73. The molecule has 1 aliphatic heterocycles. The maximum absolute atomic E-state index is 12.9. The van der Waals surface area contributed by atoms with Crippen molar-refractivity contribution in [1.82, 2.24) is 4.98 Å². The van der Waals surface area contributed by atoms with Gasteiger partial charge in [0, 0.05) is 29.6 Å².